The molecule has 1 N–H and O–H groups in total. The molecule has 0 unspecified atom stereocenters. The Balaban J connectivity index is 1.46. The van der Waals surface area contributed by atoms with E-state index in [1.165, 1.54) is 16.9 Å². The van der Waals surface area contributed by atoms with Crippen molar-refractivity contribution in [2.24, 2.45) is 0 Å². The van der Waals surface area contributed by atoms with Gasteiger partial charge < -0.3 is 9.84 Å². The molecule has 6 heteroatoms. The number of aromatic nitrogens is 2. The fourth-order valence-corrected chi connectivity index (χ4v) is 3.43. The molecule has 4 rings (SSSR count). The van der Waals surface area contributed by atoms with Crippen LogP contribution in [0.4, 0.5) is 0 Å². The molecule has 134 valence electrons. The van der Waals surface area contributed by atoms with Gasteiger partial charge in [0.2, 0.25) is 5.82 Å². The van der Waals surface area contributed by atoms with Gasteiger partial charge in [-0.2, -0.15) is 4.98 Å². The topological polar surface area (TPSA) is 68.0 Å². The minimum Gasteiger partial charge on any atom is -0.347 e. The van der Waals surface area contributed by atoms with Crippen LogP contribution in [0.25, 0.3) is 22.2 Å². The van der Waals surface area contributed by atoms with Crippen molar-refractivity contribution in [1.82, 2.24) is 15.5 Å². The smallest absolute Gasteiger partial charge is 0.261 e. The van der Waals surface area contributed by atoms with E-state index in [4.69, 9.17) is 4.52 Å². The van der Waals surface area contributed by atoms with Crippen molar-refractivity contribution < 1.29 is 9.32 Å². The van der Waals surface area contributed by atoms with Crippen LogP contribution in [0, 0.1) is 6.92 Å². The highest BCUT2D eigenvalue weighted by molar-refractivity contribution is 7.17. The second-order valence-corrected chi connectivity index (χ2v) is 7.21. The molecule has 2 heterocycles. The molecule has 0 fully saturated rings. The number of carbonyl (C=O) groups is 1. The molecule has 0 aliphatic carbocycles. The van der Waals surface area contributed by atoms with E-state index in [-0.39, 0.29) is 5.91 Å². The first-order valence-corrected chi connectivity index (χ1v) is 9.34. The van der Waals surface area contributed by atoms with E-state index in [9.17, 15) is 4.79 Å². The summed E-state index contributed by atoms with van der Waals surface area (Å²) in [7, 11) is 0. The highest BCUT2D eigenvalue weighted by Gasteiger charge is 2.15. The monoisotopic (exact) mass is 375 g/mol. The summed E-state index contributed by atoms with van der Waals surface area (Å²) in [6.07, 6.45) is 0. The van der Waals surface area contributed by atoms with Gasteiger partial charge in [0.05, 0.1) is 9.75 Å². The fraction of sp³-hybridized carbons (Fsp3) is 0.0952. The van der Waals surface area contributed by atoms with Crippen LogP contribution in [-0.4, -0.2) is 16.0 Å². The number of carbonyl (C=O) groups excluding carboxylic acids is 1. The van der Waals surface area contributed by atoms with Gasteiger partial charge in [-0.1, -0.05) is 53.2 Å². The maximum Gasteiger partial charge on any atom is 0.261 e. The van der Waals surface area contributed by atoms with Crippen molar-refractivity contribution >= 4 is 17.2 Å². The molecular weight excluding hydrogens is 358 g/mol. The van der Waals surface area contributed by atoms with Crippen molar-refractivity contribution in [2.75, 3.05) is 0 Å². The Morgan fingerprint density at radius 1 is 1.04 bits per heavy atom. The summed E-state index contributed by atoms with van der Waals surface area (Å²) in [6, 6.07) is 21.3. The normalized spacial score (nSPS) is 10.7. The first-order valence-electron chi connectivity index (χ1n) is 8.52. The second-order valence-electron chi connectivity index (χ2n) is 6.12. The SMILES string of the molecule is Cc1ccc(-c2nc(-c3ccc(C(=O)NCc4ccccc4)s3)no2)cc1. The Hall–Kier alpha value is -3.25. The van der Waals surface area contributed by atoms with Crippen LogP contribution in [0.2, 0.25) is 0 Å². The maximum absolute atomic E-state index is 12.4. The van der Waals surface area contributed by atoms with Crippen molar-refractivity contribution in [1.29, 1.82) is 0 Å². The first kappa shape index (κ1) is 17.2. The van der Waals surface area contributed by atoms with Gasteiger partial charge in [-0.25, -0.2) is 0 Å². The van der Waals surface area contributed by atoms with E-state index < -0.39 is 0 Å². The summed E-state index contributed by atoms with van der Waals surface area (Å²) in [4.78, 5) is 18.2. The van der Waals surface area contributed by atoms with Crippen LogP contribution in [0.3, 0.4) is 0 Å². The quantitative estimate of drug-likeness (QED) is 0.549. The third-order valence-electron chi connectivity index (χ3n) is 4.07. The highest BCUT2D eigenvalue weighted by atomic mass is 32.1. The van der Waals surface area contributed by atoms with Gasteiger partial charge in [-0.3, -0.25) is 4.79 Å². The zero-order valence-electron chi connectivity index (χ0n) is 14.7. The second kappa shape index (κ2) is 7.55. The number of benzene rings is 2. The van der Waals surface area contributed by atoms with Crippen LogP contribution in [-0.2, 0) is 6.54 Å². The lowest BCUT2D eigenvalue weighted by molar-refractivity contribution is 0.0955. The van der Waals surface area contributed by atoms with E-state index in [0.29, 0.717) is 23.1 Å². The van der Waals surface area contributed by atoms with Crippen LogP contribution in [0.15, 0.2) is 71.3 Å². The molecule has 0 radical (unpaired) electrons. The molecule has 0 saturated heterocycles. The van der Waals surface area contributed by atoms with Gasteiger partial charge in [0.15, 0.2) is 0 Å². The molecular formula is C21H17N3O2S. The molecule has 2 aromatic carbocycles. The number of hydrogen-bond acceptors (Lipinski definition) is 5. The molecule has 0 spiro atoms. The Labute approximate surface area is 160 Å². The van der Waals surface area contributed by atoms with Crippen LogP contribution < -0.4 is 5.32 Å². The summed E-state index contributed by atoms with van der Waals surface area (Å²) < 4.78 is 5.37. The van der Waals surface area contributed by atoms with Crippen LogP contribution in [0.1, 0.15) is 20.8 Å². The number of nitrogens with one attached hydrogen (secondary N) is 1. The van der Waals surface area contributed by atoms with Crippen LogP contribution in [0.5, 0.6) is 0 Å². The van der Waals surface area contributed by atoms with E-state index >= 15 is 0 Å². The lowest BCUT2D eigenvalue weighted by Crippen LogP contribution is -2.21. The Bertz CT molecular complexity index is 1050. The standard InChI is InChI=1S/C21H17N3O2S/c1-14-7-9-16(10-8-14)21-23-19(24-26-21)17-11-12-18(27-17)20(25)22-13-15-5-3-2-4-6-15/h2-12H,13H2,1H3,(H,22,25). The number of aryl methyl sites for hydroxylation is 1. The summed E-state index contributed by atoms with van der Waals surface area (Å²) in [5.41, 5.74) is 3.10. The fourth-order valence-electron chi connectivity index (χ4n) is 2.58. The average molecular weight is 375 g/mol. The summed E-state index contributed by atoms with van der Waals surface area (Å²) in [5.74, 6) is 0.837. The Morgan fingerprint density at radius 2 is 1.81 bits per heavy atom. The van der Waals surface area contributed by atoms with Gasteiger partial charge in [0, 0.05) is 12.1 Å². The minimum atomic E-state index is -0.114. The molecule has 0 saturated carbocycles. The molecule has 5 nitrogen and oxygen atoms in total. The van der Waals surface area contributed by atoms with Crippen LogP contribution >= 0.6 is 11.3 Å². The molecule has 0 aliphatic rings. The number of hydrogen-bond donors (Lipinski definition) is 1. The lowest BCUT2D eigenvalue weighted by Gasteiger charge is -2.03. The molecule has 0 aliphatic heterocycles. The predicted octanol–water partition coefficient (Wildman–Crippen LogP) is 4.70. The third-order valence-corrected chi connectivity index (χ3v) is 5.15. The van der Waals surface area contributed by atoms with Gasteiger partial charge in [-0.05, 0) is 36.8 Å². The predicted molar refractivity (Wildman–Crippen MR) is 105 cm³/mol. The third kappa shape index (κ3) is 3.96. The Kier molecular flexibility index (Phi) is 4.80. The summed E-state index contributed by atoms with van der Waals surface area (Å²) >= 11 is 1.34. The van der Waals surface area contributed by atoms with E-state index in [0.717, 1.165) is 16.0 Å². The first-order chi connectivity index (χ1) is 13.2. The van der Waals surface area contributed by atoms with Crippen molar-refractivity contribution in [3.8, 4) is 22.2 Å². The summed E-state index contributed by atoms with van der Waals surface area (Å²) in [6.45, 7) is 2.52. The van der Waals surface area contributed by atoms with E-state index in [1.807, 2.05) is 67.6 Å². The zero-order chi connectivity index (χ0) is 18.6. The molecule has 0 bridgehead atoms. The number of rotatable bonds is 5. The highest BCUT2D eigenvalue weighted by Crippen LogP contribution is 2.28. The molecule has 27 heavy (non-hydrogen) atoms. The minimum absolute atomic E-state index is 0.114. The molecule has 1 amide bonds. The number of nitrogens with zero attached hydrogens (tertiary/aromatic N) is 2. The van der Waals surface area contributed by atoms with Gasteiger partial charge in [0.25, 0.3) is 11.8 Å². The Morgan fingerprint density at radius 3 is 2.59 bits per heavy atom. The van der Waals surface area contributed by atoms with E-state index in [2.05, 4.69) is 15.5 Å². The largest absolute Gasteiger partial charge is 0.347 e. The van der Waals surface area contributed by atoms with Crippen molar-refractivity contribution in [3.05, 3.63) is 82.7 Å². The van der Waals surface area contributed by atoms with Gasteiger partial charge in [-0.15, -0.1) is 11.3 Å². The van der Waals surface area contributed by atoms with Crippen molar-refractivity contribution in [2.45, 2.75) is 13.5 Å². The maximum atomic E-state index is 12.4. The molecule has 4 aromatic rings. The van der Waals surface area contributed by atoms with Crippen molar-refractivity contribution in [3.63, 3.8) is 0 Å². The number of thiophene rings is 1. The molecule has 0 atom stereocenters. The van der Waals surface area contributed by atoms with E-state index in [1.54, 1.807) is 6.07 Å². The summed E-state index contributed by atoms with van der Waals surface area (Å²) in [5, 5.41) is 6.97. The van der Waals surface area contributed by atoms with Gasteiger partial charge in [0.1, 0.15) is 0 Å². The lowest BCUT2D eigenvalue weighted by atomic mass is 10.1. The van der Waals surface area contributed by atoms with Gasteiger partial charge >= 0.3 is 0 Å². The molecule has 2 aromatic heterocycles. The number of amides is 1. The average Bonchev–Trinajstić information content (AvgIpc) is 3.37. The zero-order valence-corrected chi connectivity index (χ0v) is 15.5.